The lowest BCUT2D eigenvalue weighted by molar-refractivity contribution is -0.139. The molecule has 1 N–H and O–H groups in total. The molecule has 1 aromatic carbocycles. The number of hydrogen-bond donors (Lipinski definition) is 1. The number of piperidine rings is 1. The van der Waals surface area contributed by atoms with E-state index < -0.39 is 0 Å². The van der Waals surface area contributed by atoms with Crippen molar-refractivity contribution in [3.8, 4) is 0 Å². The van der Waals surface area contributed by atoms with Crippen LogP contribution in [0.3, 0.4) is 0 Å². The second-order valence-corrected chi connectivity index (χ2v) is 7.73. The van der Waals surface area contributed by atoms with E-state index in [0.29, 0.717) is 19.6 Å². The van der Waals surface area contributed by atoms with Crippen molar-refractivity contribution in [2.75, 3.05) is 32.7 Å². The van der Waals surface area contributed by atoms with E-state index in [9.17, 15) is 9.59 Å². The minimum atomic E-state index is -0.0685. The Morgan fingerprint density at radius 3 is 3.00 bits per heavy atom. The minimum absolute atomic E-state index is 0.0443. The van der Waals surface area contributed by atoms with Crippen LogP contribution in [0.25, 0.3) is 10.2 Å². The number of para-hydroxylation sites is 1. The van der Waals surface area contributed by atoms with E-state index in [-0.39, 0.29) is 24.4 Å². The van der Waals surface area contributed by atoms with Gasteiger partial charge < -0.3 is 10.2 Å². The Hall–Kier alpha value is -1.99. The predicted molar refractivity (Wildman–Crippen MR) is 97.4 cm³/mol. The summed E-state index contributed by atoms with van der Waals surface area (Å²) in [5.74, 6) is -0.0242. The number of likely N-dealkylation sites (tertiary alicyclic amines) is 1. The maximum Gasteiger partial charge on any atom is 0.239 e. The van der Waals surface area contributed by atoms with E-state index in [4.69, 9.17) is 4.98 Å². The molecule has 0 aliphatic carbocycles. The Morgan fingerprint density at radius 2 is 2.16 bits per heavy atom. The summed E-state index contributed by atoms with van der Waals surface area (Å²) >= 11 is 1.73. The highest BCUT2D eigenvalue weighted by Gasteiger charge is 2.30. The van der Waals surface area contributed by atoms with Gasteiger partial charge in [0.2, 0.25) is 11.8 Å². The first-order valence-electron chi connectivity index (χ1n) is 8.85. The number of nitrogens with zero attached hydrogens (tertiary/aromatic N) is 3. The summed E-state index contributed by atoms with van der Waals surface area (Å²) in [5, 5.41) is 3.87. The summed E-state index contributed by atoms with van der Waals surface area (Å²) in [6, 6.07) is 8.39. The van der Waals surface area contributed by atoms with Crippen LogP contribution in [0, 0.1) is 0 Å². The lowest BCUT2D eigenvalue weighted by atomic mass is 10.0. The number of benzene rings is 1. The highest BCUT2D eigenvalue weighted by atomic mass is 32.1. The van der Waals surface area contributed by atoms with Crippen molar-refractivity contribution in [3.05, 3.63) is 29.3 Å². The molecular weight excluding hydrogens is 336 g/mol. The molecule has 25 heavy (non-hydrogen) atoms. The molecule has 2 fully saturated rings. The number of piperazine rings is 1. The first kappa shape index (κ1) is 16.5. The van der Waals surface area contributed by atoms with Gasteiger partial charge in [-0.15, -0.1) is 11.3 Å². The lowest BCUT2D eigenvalue weighted by Crippen LogP contribution is -2.53. The topological polar surface area (TPSA) is 65.5 Å². The first-order chi connectivity index (χ1) is 12.2. The number of carbonyl (C=O) groups excluding carboxylic acids is 2. The van der Waals surface area contributed by atoms with Gasteiger partial charge in [-0.25, -0.2) is 4.98 Å². The Kier molecular flexibility index (Phi) is 4.67. The van der Waals surface area contributed by atoms with E-state index in [1.807, 2.05) is 18.2 Å². The zero-order valence-electron chi connectivity index (χ0n) is 14.1. The average molecular weight is 358 g/mol. The fourth-order valence-electron chi connectivity index (χ4n) is 3.62. The van der Waals surface area contributed by atoms with Crippen molar-refractivity contribution in [2.45, 2.75) is 25.3 Å². The van der Waals surface area contributed by atoms with Crippen LogP contribution in [-0.4, -0.2) is 59.3 Å². The molecular formula is C18H22N4O2S. The number of hydrogen-bond acceptors (Lipinski definition) is 5. The van der Waals surface area contributed by atoms with Crippen LogP contribution in [0.2, 0.25) is 0 Å². The molecule has 2 saturated heterocycles. The number of rotatable bonds is 3. The van der Waals surface area contributed by atoms with Gasteiger partial charge in [0.05, 0.1) is 29.3 Å². The highest BCUT2D eigenvalue weighted by Crippen LogP contribution is 2.35. The molecule has 132 valence electrons. The van der Waals surface area contributed by atoms with Crippen LogP contribution >= 0.6 is 11.3 Å². The van der Waals surface area contributed by atoms with Crippen LogP contribution in [0.1, 0.15) is 30.3 Å². The maximum absolute atomic E-state index is 12.6. The molecule has 4 rings (SSSR count). The number of amides is 2. The third-order valence-electron chi connectivity index (χ3n) is 4.94. The molecule has 1 aromatic heterocycles. The smallest absolute Gasteiger partial charge is 0.239 e. The minimum Gasteiger partial charge on any atom is -0.353 e. The molecule has 6 nitrogen and oxygen atoms in total. The second kappa shape index (κ2) is 7.09. The number of aromatic nitrogens is 1. The van der Waals surface area contributed by atoms with Crippen molar-refractivity contribution >= 4 is 33.4 Å². The van der Waals surface area contributed by atoms with E-state index >= 15 is 0 Å². The van der Waals surface area contributed by atoms with Gasteiger partial charge in [0, 0.05) is 13.1 Å². The second-order valence-electron chi connectivity index (χ2n) is 6.67. The van der Waals surface area contributed by atoms with Gasteiger partial charge >= 0.3 is 0 Å². The molecule has 0 radical (unpaired) electrons. The predicted octanol–water partition coefficient (Wildman–Crippen LogP) is 1.78. The maximum atomic E-state index is 12.6. The molecule has 7 heteroatoms. The van der Waals surface area contributed by atoms with Crippen LogP contribution in [0.5, 0.6) is 0 Å². The number of nitrogens with one attached hydrogen (secondary N) is 1. The van der Waals surface area contributed by atoms with E-state index in [1.165, 1.54) is 4.70 Å². The van der Waals surface area contributed by atoms with E-state index in [1.54, 1.807) is 16.2 Å². The van der Waals surface area contributed by atoms with E-state index in [0.717, 1.165) is 36.3 Å². The third kappa shape index (κ3) is 3.52. The number of fused-ring (bicyclic) bond motifs is 1. The van der Waals surface area contributed by atoms with Crippen LogP contribution in [-0.2, 0) is 9.59 Å². The molecule has 1 atom stereocenters. The van der Waals surface area contributed by atoms with Crippen molar-refractivity contribution < 1.29 is 9.59 Å². The van der Waals surface area contributed by atoms with Crippen LogP contribution < -0.4 is 5.32 Å². The summed E-state index contributed by atoms with van der Waals surface area (Å²) in [5.41, 5.74) is 1.03. The molecule has 0 bridgehead atoms. The zero-order chi connectivity index (χ0) is 17.2. The van der Waals surface area contributed by atoms with Crippen LogP contribution in [0.15, 0.2) is 24.3 Å². The van der Waals surface area contributed by atoms with Gasteiger partial charge in [0.15, 0.2) is 0 Å². The van der Waals surface area contributed by atoms with Gasteiger partial charge in [0.25, 0.3) is 0 Å². The van der Waals surface area contributed by atoms with E-state index in [2.05, 4.69) is 16.3 Å². The van der Waals surface area contributed by atoms with Gasteiger partial charge in [0.1, 0.15) is 5.01 Å². The normalized spacial score (nSPS) is 22.2. The lowest BCUT2D eigenvalue weighted by Gasteiger charge is -2.36. The first-order valence-corrected chi connectivity index (χ1v) is 9.66. The Bertz CT molecular complexity index is 757. The number of thiazole rings is 1. The summed E-state index contributed by atoms with van der Waals surface area (Å²) < 4.78 is 1.20. The summed E-state index contributed by atoms with van der Waals surface area (Å²) in [6.07, 6.45) is 3.31. The van der Waals surface area contributed by atoms with Gasteiger partial charge in [-0.2, -0.15) is 0 Å². The zero-order valence-corrected chi connectivity index (χ0v) is 14.9. The molecule has 2 aliphatic heterocycles. The third-order valence-corrected chi connectivity index (χ3v) is 6.08. The summed E-state index contributed by atoms with van der Waals surface area (Å²) in [6.45, 7) is 2.61. The Labute approximate surface area is 150 Å². The standard InChI is InChI=1S/C18H22N4O2S/c23-16-11-22(10-8-19-16)17(24)12-21-9-4-3-6-14(21)18-20-13-5-1-2-7-15(13)25-18/h1-2,5,7,14H,3-4,6,8-12H2,(H,19,23)/t14-/m0/s1. The molecule has 2 amide bonds. The van der Waals surface area contributed by atoms with Gasteiger partial charge in [-0.3, -0.25) is 14.5 Å². The Balaban J connectivity index is 1.50. The average Bonchev–Trinajstić information content (AvgIpc) is 3.06. The molecule has 0 unspecified atom stereocenters. The fraction of sp³-hybridized carbons (Fsp3) is 0.500. The molecule has 2 aliphatic rings. The Morgan fingerprint density at radius 1 is 1.28 bits per heavy atom. The monoisotopic (exact) mass is 358 g/mol. The van der Waals surface area contributed by atoms with Crippen molar-refractivity contribution in [1.29, 1.82) is 0 Å². The SMILES string of the molecule is O=C1CN(C(=O)CN2CCCC[C@H]2c2nc3ccccc3s2)CCN1. The van der Waals surface area contributed by atoms with Crippen LogP contribution in [0.4, 0.5) is 0 Å². The molecule has 2 aromatic rings. The quantitative estimate of drug-likeness (QED) is 0.908. The fourth-order valence-corrected chi connectivity index (χ4v) is 4.75. The summed E-state index contributed by atoms with van der Waals surface area (Å²) in [4.78, 5) is 32.9. The van der Waals surface area contributed by atoms with Crippen molar-refractivity contribution in [1.82, 2.24) is 20.1 Å². The highest BCUT2D eigenvalue weighted by molar-refractivity contribution is 7.18. The van der Waals surface area contributed by atoms with Gasteiger partial charge in [-0.1, -0.05) is 18.6 Å². The molecule has 0 saturated carbocycles. The number of carbonyl (C=O) groups is 2. The molecule has 0 spiro atoms. The van der Waals surface area contributed by atoms with Crippen molar-refractivity contribution in [2.24, 2.45) is 0 Å². The van der Waals surface area contributed by atoms with Gasteiger partial charge in [-0.05, 0) is 31.5 Å². The van der Waals surface area contributed by atoms with Crippen molar-refractivity contribution in [3.63, 3.8) is 0 Å². The largest absolute Gasteiger partial charge is 0.353 e. The summed E-state index contributed by atoms with van der Waals surface area (Å²) in [7, 11) is 0. The molecule has 3 heterocycles.